The Morgan fingerprint density at radius 3 is 1.29 bits per heavy atom. The number of aryl methyl sites for hydroxylation is 2. The number of aliphatic imine (C=N–C) groups is 2. The van der Waals surface area contributed by atoms with Gasteiger partial charge in [0.25, 0.3) is 0 Å². The Labute approximate surface area is 184 Å². The summed E-state index contributed by atoms with van der Waals surface area (Å²) in [7, 11) is 0. The van der Waals surface area contributed by atoms with E-state index in [1.54, 1.807) is 0 Å². The molecule has 2 nitrogen and oxygen atoms in total. The highest BCUT2D eigenvalue weighted by Gasteiger charge is 1.99. The molecule has 0 aromatic heterocycles. The molecule has 0 amide bonds. The van der Waals surface area contributed by atoms with E-state index < -0.39 is 0 Å². The molecule has 4 aromatic rings. The second-order valence-corrected chi connectivity index (χ2v) is 7.74. The standard InChI is InChI=1S/C29H26N2/c1-22-7-3-5-9-26(22)20-30-28-15-11-24(12-16-28)19-25-13-17-29(18-14-25)31-21-27-10-6-4-8-23(27)2/h3-18,20-21H,19H2,1-2H3. The molecule has 4 rings (SSSR count). The van der Waals surface area contributed by atoms with Gasteiger partial charge in [0.15, 0.2) is 0 Å². The maximum atomic E-state index is 4.61. The lowest BCUT2D eigenvalue weighted by Gasteiger charge is -2.04. The van der Waals surface area contributed by atoms with Crippen LogP contribution >= 0.6 is 0 Å². The Balaban J connectivity index is 1.38. The highest BCUT2D eigenvalue weighted by molar-refractivity contribution is 5.84. The van der Waals surface area contributed by atoms with Crippen LogP contribution in [0.25, 0.3) is 0 Å². The quantitative estimate of drug-likeness (QED) is 0.300. The van der Waals surface area contributed by atoms with Crippen molar-refractivity contribution in [3.05, 3.63) is 130 Å². The minimum Gasteiger partial charge on any atom is -0.256 e. The first-order valence-electron chi connectivity index (χ1n) is 10.5. The van der Waals surface area contributed by atoms with Crippen LogP contribution in [0.3, 0.4) is 0 Å². The highest BCUT2D eigenvalue weighted by Crippen LogP contribution is 2.19. The van der Waals surface area contributed by atoms with E-state index in [2.05, 4.69) is 96.6 Å². The third-order valence-corrected chi connectivity index (χ3v) is 5.36. The highest BCUT2D eigenvalue weighted by atomic mass is 14.7. The van der Waals surface area contributed by atoms with Crippen LogP contribution < -0.4 is 0 Å². The van der Waals surface area contributed by atoms with E-state index in [9.17, 15) is 0 Å². The fraction of sp³-hybridized carbons (Fsp3) is 0.103. The zero-order valence-corrected chi connectivity index (χ0v) is 18.0. The van der Waals surface area contributed by atoms with Crippen LogP contribution in [-0.2, 0) is 6.42 Å². The van der Waals surface area contributed by atoms with Crippen molar-refractivity contribution in [2.45, 2.75) is 20.3 Å². The van der Waals surface area contributed by atoms with E-state index in [1.807, 2.05) is 36.7 Å². The molecule has 0 aliphatic carbocycles. The van der Waals surface area contributed by atoms with Crippen LogP contribution in [0.1, 0.15) is 33.4 Å². The van der Waals surface area contributed by atoms with Gasteiger partial charge in [0, 0.05) is 12.4 Å². The Hall–Kier alpha value is -3.78. The van der Waals surface area contributed by atoms with Crippen molar-refractivity contribution in [3.8, 4) is 0 Å². The lowest BCUT2D eigenvalue weighted by atomic mass is 10.0. The summed E-state index contributed by atoms with van der Waals surface area (Å²) in [6, 6.07) is 33.4. The normalized spacial score (nSPS) is 11.4. The van der Waals surface area contributed by atoms with Crippen LogP contribution in [0.5, 0.6) is 0 Å². The number of benzene rings is 4. The Bertz CT molecular complexity index is 1100. The molecule has 4 aromatic carbocycles. The first kappa shape index (κ1) is 20.5. The van der Waals surface area contributed by atoms with Crippen molar-refractivity contribution < 1.29 is 0 Å². The van der Waals surface area contributed by atoms with Gasteiger partial charge in [-0.15, -0.1) is 0 Å². The summed E-state index contributed by atoms with van der Waals surface area (Å²) in [6.07, 6.45) is 4.75. The van der Waals surface area contributed by atoms with Crippen molar-refractivity contribution in [1.82, 2.24) is 0 Å². The van der Waals surface area contributed by atoms with Gasteiger partial charge in [-0.2, -0.15) is 0 Å². The third-order valence-electron chi connectivity index (χ3n) is 5.36. The van der Waals surface area contributed by atoms with Crippen molar-refractivity contribution in [1.29, 1.82) is 0 Å². The van der Waals surface area contributed by atoms with Gasteiger partial charge < -0.3 is 0 Å². The van der Waals surface area contributed by atoms with Crippen LogP contribution in [0.15, 0.2) is 107 Å². The SMILES string of the molecule is Cc1ccccc1C=Nc1ccc(Cc2ccc(N=Cc3ccccc3C)cc2)cc1. The summed E-state index contributed by atoms with van der Waals surface area (Å²) in [5.41, 5.74) is 9.23. The lowest BCUT2D eigenvalue weighted by Crippen LogP contribution is -1.88. The van der Waals surface area contributed by atoms with Crippen molar-refractivity contribution in [3.63, 3.8) is 0 Å². The van der Waals surface area contributed by atoms with Crippen LogP contribution in [0.4, 0.5) is 11.4 Å². The lowest BCUT2D eigenvalue weighted by molar-refractivity contribution is 1.19. The van der Waals surface area contributed by atoms with E-state index >= 15 is 0 Å². The minimum atomic E-state index is 0.892. The molecule has 0 spiro atoms. The predicted molar refractivity (Wildman–Crippen MR) is 133 cm³/mol. The molecule has 0 atom stereocenters. The Morgan fingerprint density at radius 1 is 0.516 bits per heavy atom. The largest absolute Gasteiger partial charge is 0.256 e. The van der Waals surface area contributed by atoms with Gasteiger partial charge in [0.2, 0.25) is 0 Å². The van der Waals surface area contributed by atoms with Gasteiger partial charge in [-0.05, 0) is 77.9 Å². The molecular formula is C29H26N2. The second-order valence-electron chi connectivity index (χ2n) is 7.74. The fourth-order valence-electron chi connectivity index (χ4n) is 3.39. The molecule has 0 heterocycles. The monoisotopic (exact) mass is 402 g/mol. The average Bonchev–Trinajstić information content (AvgIpc) is 2.80. The zero-order chi connectivity index (χ0) is 21.5. The maximum Gasteiger partial charge on any atom is 0.0630 e. The van der Waals surface area contributed by atoms with Gasteiger partial charge in [-0.1, -0.05) is 72.8 Å². The summed E-state index contributed by atoms with van der Waals surface area (Å²) in [6.45, 7) is 4.20. The summed E-state index contributed by atoms with van der Waals surface area (Å²) in [4.78, 5) is 9.22. The molecule has 31 heavy (non-hydrogen) atoms. The van der Waals surface area contributed by atoms with E-state index in [-0.39, 0.29) is 0 Å². The van der Waals surface area contributed by atoms with Crippen molar-refractivity contribution in [2.75, 3.05) is 0 Å². The van der Waals surface area contributed by atoms with E-state index in [0.717, 1.165) is 28.9 Å². The van der Waals surface area contributed by atoms with E-state index in [1.165, 1.54) is 22.3 Å². The number of hydrogen-bond acceptors (Lipinski definition) is 2. The van der Waals surface area contributed by atoms with Crippen LogP contribution in [0, 0.1) is 13.8 Å². The first-order valence-corrected chi connectivity index (χ1v) is 10.5. The molecule has 0 saturated heterocycles. The molecule has 0 aliphatic heterocycles. The molecule has 0 radical (unpaired) electrons. The molecule has 0 aliphatic rings. The minimum absolute atomic E-state index is 0.892. The zero-order valence-electron chi connectivity index (χ0n) is 18.0. The van der Waals surface area contributed by atoms with E-state index in [4.69, 9.17) is 0 Å². The molecule has 0 fully saturated rings. The van der Waals surface area contributed by atoms with Gasteiger partial charge in [-0.25, -0.2) is 0 Å². The van der Waals surface area contributed by atoms with Crippen LogP contribution in [-0.4, -0.2) is 12.4 Å². The predicted octanol–water partition coefficient (Wildman–Crippen LogP) is 7.40. The average molecular weight is 403 g/mol. The van der Waals surface area contributed by atoms with Gasteiger partial charge in [0.05, 0.1) is 11.4 Å². The smallest absolute Gasteiger partial charge is 0.0630 e. The second kappa shape index (κ2) is 9.82. The van der Waals surface area contributed by atoms with Crippen LogP contribution in [0.2, 0.25) is 0 Å². The molecule has 2 heteroatoms. The van der Waals surface area contributed by atoms with Gasteiger partial charge >= 0.3 is 0 Å². The number of rotatable bonds is 6. The molecule has 0 unspecified atom stereocenters. The van der Waals surface area contributed by atoms with Gasteiger partial charge in [-0.3, -0.25) is 9.98 Å². The third kappa shape index (κ3) is 5.64. The topological polar surface area (TPSA) is 24.7 Å². The van der Waals surface area contributed by atoms with Crippen molar-refractivity contribution in [2.24, 2.45) is 9.98 Å². The summed E-state index contributed by atoms with van der Waals surface area (Å²) in [5.74, 6) is 0. The van der Waals surface area contributed by atoms with Gasteiger partial charge in [0.1, 0.15) is 0 Å². The molecule has 152 valence electrons. The number of hydrogen-bond donors (Lipinski definition) is 0. The summed E-state index contributed by atoms with van der Waals surface area (Å²) in [5, 5.41) is 0. The van der Waals surface area contributed by atoms with E-state index in [0.29, 0.717) is 0 Å². The molecule has 0 N–H and O–H groups in total. The number of nitrogens with zero attached hydrogens (tertiary/aromatic N) is 2. The molecule has 0 bridgehead atoms. The fourth-order valence-corrected chi connectivity index (χ4v) is 3.39. The molecule has 0 saturated carbocycles. The Kier molecular flexibility index (Phi) is 6.49. The molecular weight excluding hydrogens is 376 g/mol. The maximum absolute atomic E-state index is 4.61. The first-order chi connectivity index (χ1) is 15.2. The summed E-state index contributed by atoms with van der Waals surface area (Å²) < 4.78 is 0. The summed E-state index contributed by atoms with van der Waals surface area (Å²) >= 11 is 0. The van der Waals surface area contributed by atoms with Crippen molar-refractivity contribution >= 4 is 23.8 Å². The Morgan fingerprint density at radius 2 is 0.903 bits per heavy atom.